The van der Waals surface area contributed by atoms with Gasteiger partial charge in [-0.25, -0.2) is 9.97 Å². The monoisotopic (exact) mass is 279 g/mol. The van der Waals surface area contributed by atoms with Crippen LogP contribution in [0, 0.1) is 0 Å². The second kappa shape index (κ2) is 4.84. The molecule has 0 spiro atoms. The number of aromatic nitrogens is 2. The van der Waals surface area contributed by atoms with Crippen molar-refractivity contribution in [2.45, 2.75) is 12.5 Å². The molecule has 0 amide bonds. The van der Waals surface area contributed by atoms with Crippen molar-refractivity contribution >= 4 is 23.2 Å². The summed E-state index contributed by atoms with van der Waals surface area (Å²) in [6.07, 6.45) is 0. The Morgan fingerprint density at radius 2 is 1.89 bits per heavy atom. The summed E-state index contributed by atoms with van der Waals surface area (Å²) in [5.41, 5.74) is 3.09. The highest BCUT2D eigenvalue weighted by Crippen LogP contribution is 2.32. The number of nitrogens with zero attached hydrogens (tertiary/aromatic N) is 2. The summed E-state index contributed by atoms with van der Waals surface area (Å²) in [5.74, 6) is 0.174. The van der Waals surface area contributed by atoms with E-state index in [1.54, 1.807) is 0 Å². The molecule has 0 aliphatic carbocycles. The summed E-state index contributed by atoms with van der Waals surface area (Å²) in [5, 5.41) is 3.99. The van der Waals surface area contributed by atoms with Crippen LogP contribution in [0.25, 0.3) is 0 Å². The van der Waals surface area contributed by atoms with Crippen LogP contribution in [0.1, 0.15) is 22.7 Å². The van der Waals surface area contributed by atoms with Crippen LogP contribution in [-0.2, 0) is 6.54 Å². The molecule has 1 aliphatic rings. The normalized spacial score (nSPS) is 18.4. The third-order valence-electron chi connectivity index (χ3n) is 3.14. The summed E-state index contributed by atoms with van der Waals surface area (Å²) in [6.45, 7) is 1.52. The lowest BCUT2D eigenvalue weighted by Gasteiger charge is -2.26. The van der Waals surface area contributed by atoms with Gasteiger partial charge in [-0.15, -0.1) is 0 Å². The van der Waals surface area contributed by atoms with Crippen LogP contribution in [0.2, 0.25) is 10.4 Å². The molecular formula is C13H11Cl2N3. The molecule has 0 radical (unpaired) electrons. The lowest BCUT2D eigenvalue weighted by Crippen LogP contribution is -2.30. The molecule has 18 heavy (non-hydrogen) atoms. The Balaban J connectivity index is 2.12. The zero-order chi connectivity index (χ0) is 12.5. The number of hydrogen-bond donors (Lipinski definition) is 1. The van der Waals surface area contributed by atoms with Crippen molar-refractivity contribution in [3.8, 4) is 0 Å². The Bertz CT molecular complexity index is 572. The minimum atomic E-state index is 0.174. The van der Waals surface area contributed by atoms with Crippen LogP contribution in [0.4, 0.5) is 0 Å². The lowest BCUT2D eigenvalue weighted by molar-refractivity contribution is 0.573. The van der Waals surface area contributed by atoms with Crippen LogP contribution < -0.4 is 5.32 Å². The second-order valence-corrected chi connectivity index (χ2v) is 4.94. The Hall–Kier alpha value is -1.16. The highest BCUT2D eigenvalue weighted by molar-refractivity contribution is 6.32. The predicted octanol–water partition coefficient (Wildman–Crippen LogP) is 3.02. The molecule has 0 saturated heterocycles. The fraction of sp³-hybridized carbons (Fsp3) is 0.231. The molecule has 3 nitrogen and oxygen atoms in total. The largest absolute Gasteiger partial charge is 0.311 e. The van der Waals surface area contributed by atoms with Crippen molar-refractivity contribution in [3.63, 3.8) is 0 Å². The molecule has 0 saturated carbocycles. The first-order valence-electron chi connectivity index (χ1n) is 5.73. The van der Waals surface area contributed by atoms with Crippen LogP contribution in [0.3, 0.4) is 0 Å². The third-order valence-corrected chi connectivity index (χ3v) is 3.63. The number of halogens is 2. The van der Waals surface area contributed by atoms with Crippen molar-refractivity contribution in [2.24, 2.45) is 0 Å². The van der Waals surface area contributed by atoms with Gasteiger partial charge in [-0.1, -0.05) is 41.9 Å². The molecule has 1 atom stereocenters. The smallest absolute Gasteiger partial charge is 0.224 e. The molecule has 2 heterocycles. The highest BCUT2D eigenvalue weighted by Gasteiger charge is 2.25. The summed E-state index contributed by atoms with van der Waals surface area (Å²) >= 11 is 12.0. The van der Waals surface area contributed by atoms with Crippen molar-refractivity contribution in [2.75, 3.05) is 6.54 Å². The van der Waals surface area contributed by atoms with E-state index in [0.717, 1.165) is 17.8 Å². The lowest BCUT2D eigenvalue weighted by atomic mass is 9.90. The van der Waals surface area contributed by atoms with Crippen molar-refractivity contribution in [1.82, 2.24) is 15.3 Å². The molecule has 0 bridgehead atoms. The van der Waals surface area contributed by atoms with E-state index in [-0.39, 0.29) is 11.2 Å². The zero-order valence-corrected chi connectivity index (χ0v) is 11.0. The van der Waals surface area contributed by atoms with Gasteiger partial charge < -0.3 is 5.32 Å². The molecule has 1 aromatic carbocycles. The van der Waals surface area contributed by atoms with Gasteiger partial charge in [0, 0.05) is 24.6 Å². The first-order chi connectivity index (χ1) is 8.75. The SMILES string of the molecule is Clc1nc(Cl)c2c(n1)C(c1ccccc1)CNC2. The Morgan fingerprint density at radius 1 is 1.11 bits per heavy atom. The van der Waals surface area contributed by atoms with E-state index in [0.29, 0.717) is 11.7 Å². The van der Waals surface area contributed by atoms with Crippen molar-refractivity contribution in [1.29, 1.82) is 0 Å². The van der Waals surface area contributed by atoms with Gasteiger partial charge in [0.25, 0.3) is 0 Å². The number of rotatable bonds is 1. The first-order valence-corrected chi connectivity index (χ1v) is 6.49. The number of benzene rings is 1. The fourth-order valence-corrected chi connectivity index (χ4v) is 2.76. The average Bonchev–Trinajstić information content (AvgIpc) is 2.39. The number of hydrogen-bond acceptors (Lipinski definition) is 3. The minimum Gasteiger partial charge on any atom is -0.311 e. The molecule has 2 aromatic rings. The van der Waals surface area contributed by atoms with Gasteiger partial charge in [-0.3, -0.25) is 0 Å². The molecule has 1 aromatic heterocycles. The van der Waals surface area contributed by atoms with Gasteiger partial charge in [0.1, 0.15) is 5.15 Å². The molecule has 5 heteroatoms. The maximum absolute atomic E-state index is 6.12. The van der Waals surface area contributed by atoms with Gasteiger partial charge in [0.15, 0.2) is 0 Å². The molecule has 1 aliphatic heterocycles. The van der Waals surface area contributed by atoms with E-state index < -0.39 is 0 Å². The number of fused-ring (bicyclic) bond motifs is 1. The average molecular weight is 280 g/mol. The van der Waals surface area contributed by atoms with Gasteiger partial charge in [-0.2, -0.15) is 0 Å². The van der Waals surface area contributed by atoms with Crippen molar-refractivity contribution < 1.29 is 0 Å². The zero-order valence-electron chi connectivity index (χ0n) is 9.53. The highest BCUT2D eigenvalue weighted by atomic mass is 35.5. The van der Waals surface area contributed by atoms with E-state index >= 15 is 0 Å². The van der Waals surface area contributed by atoms with Crippen LogP contribution in [0.5, 0.6) is 0 Å². The maximum atomic E-state index is 6.12. The summed E-state index contributed by atoms with van der Waals surface area (Å²) in [4.78, 5) is 8.36. The van der Waals surface area contributed by atoms with E-state index in [1.165, 1.54) is 5.56 Å². The van der Waals surface area contributed by atoms with Gasteiger partial charge >= 0.3 is 0 Å². The van der Waals surface area contributed by atoms with E-state index in [2.05, 4.69) is 27.4 Å². The van der Waals surface area contributed by atoms with E-state index in [9.17, 15) is 0 Å². The summed E-state index contributed by atoms with van der Waals surface area (Å²) in [6, 6.07) is 10.2. The Morgan fingerprint density at radius 3 is 2.67 bits per heavy atom. The van der Waals surface area contributed by atoms with Crippen LogP contribution >= 0.6 is 23.2 Å². The third kappa shape index (κ3) is 2.09. The molecule has 92 valence electrons. The predicted molar refractivity (Wildman–Crippen MR) is 72.0 cm³/mol. The van der Waals surface area contributed by atoms with E-state index in [1.807, 2.05) is 18.2 Å². The summed E-state index contributed by atoms with van der Waals surface area (Å²) < 4.78 is 0. The summed E-state index contributed by atoms with van der Waals surface area (Å²) in [7, 11) is 0. The second-order valence-electron chi connectivity index (χ2n) is 4.24. The quantitative estimate of drug-likeness (QED) is 0.644. The van der Waals surface area contributed by atoms with Gasteiger partial charge in [-0.05, 0) is 17.2 Å². The Kier molecular flexibility index (Phi) is 3.20. The molecule has 1 N–H and O–H groups in total. The topological polar surface area (TPSA) is 37.8 Å². The first kappa shape index (κ1) is 11.9. The standard InChI is InChI=1S/C13H11Cl2N3/c14-12-10-7-16-6-9(8-4-2-1-3-5-8)11(10)17-13(15)18-12/h1-5,9,16H,6-7H2. The molecule has 0 fully saturated rings. The van der Waals surface area contributed by atoms with Crippen molar-refractivity contribution in [3.05, 3.63) is 57.6 Å². The number of nitrogens with one attached hydrogen (secondary N) is 1. The Labute approximate surface area is 115 Å². The fourth-order valence-electron chi connectivity index (χ4n) is 2.30. The van der Waals surface area contributed by atoms with Gasteiger partial charge in [0.05, 0.1) is 5.69 Å². The minimum absolute atomic E-state index is 0.174. The molecular weight excluding hydrogens is 269 g/mol. The van der Waals surface area contributed by atoms with Crippen LogP contribution in [-0.4, -0.2) is 16.5 Å². The van der Waals surface area contributed by atoms with Crippen LogP contribution in [0.15, 0.2) is 30.3 Å². The van der Waals surface area contributed by atoms with Gasteiger partial charge in [0.2, 0.25) is 5.28 Å². The molecule has 1 unspecified atom stereocenters. The van der Waals surface area contributed by atoms with E-state index in [4.69, 9.17) is 23.2 Å². The molecule has 3 rings (SSSR count). The maximum Gasteiger partial charge on any atom is 0.224 e.